The van der Waals surface area contributed by atoms with E-state index in [2.05, 4.69) is 10.4 Å². The first-order valence-corrected chi connectivity index (χ1v) is 10.4. The second-order valence-corrected chi connectivity index (χ2v) is 7.68. The van der Waals surface area contributed by atoms with Crippen LogP contribution in [0.25, 0.3) is 0 Å². The number of aromatic nitrogens is 2. The Morgan fingerprint density at radius 3 is 2.70 bits per heavy atom. The number of carbonyl (C=O) groups is 2. The van der Waals surface area contributed by atoms with E-state index in [0.29, 0.717) is 42.2 Å². The van der Waals surface area contributed by atoms with Gasteiger partial charge in [0.15, 0.2) is 0 Å². The monoisotopic (exact) mass is 422 g/mol. The first-order chi connectivity index (χ1) is 14.6. The number of halogens is 1. The molecular weight excluding hydrogens is 400 g/mol. The van der Waals surface area contributed by atoms with Crippen LogP contribution in [0.15, 0.2) is 54.7 Å². The van der Waals surface area contributed by atoms with E-state index in [1.54, 1.807) is 29.3 Å². The predicted octanol–water partition coefficient (Wildman–Crippen LogP) is 4.53. The first kappa shape index (κ1) is 20.2. The number of nitrogens with one attached hydrogen (secondary N) is 1. The fourth-order valence-corrected chi connectivity index (χ4v) is 3.92. The fourth-order valence-electron chi connectivity index (χ4n) is 3.75. The van der Waals surface area contributed by atoms with E-state index < -0.39 is 0 Å². The summed E-state index contributed by atoms with van der Waals surface area (Å²) in [5.41, 5.74) is 3.73. The molecule has 1 N–H and O–H groups in total. The van der Waals surface area contributed by atoms with E-state index in [0.717, 1.165) is 23.4 Å². The largest absolute Gasteiger partial charge is 0.320 e. The minimum atomic E-state index is -0.266. The SMILES string of the molecule is CCc1c(C(=O)Nc2cc(N3CCCC3=O)ccc2Cl)cnn1Cc1ccccc1. The average Bonchev–Trinajstić information content (AvgIpc) is 3.36. The Kier molecular flexibility index (Phi) is 5.86. The third-order valence-electron chi connectivity index (χ3n) is 5.29. The van der Waals surface area contributed by atoms with Crippen molar-refractivity contribution in [3.63, 3.8) is 0 Å². The van der Waals surface area contributed by atoms with Crippen LogP contribution in [0.3, 0.4) is 0 Å². The smallest absolute Gasteiger partial charge is 0.259 e. The number of hydrogen-bond acceptors (Lipinski definition) is 3. The van der Waals surface area contributed by atoms with E-state index in [4.69, 9.17) is 11.6 Å². The molecule has 1 aliphatic rings. The standard InChI is InChI=1S/C23H23ClN4O2/c1-2-21-18(14-25-28(21)15-16-7-4-3-5-8-16)23(30)26-20-13-17(10-11-19(20)24)27-12-6-9-22(27)29/h3-5,7-8,10-11,13-14H,2,6,9,12,15H2,1H3,(H,26,30). The summed E-state index contributed by atoms with van der Waals surface area (Å²) in [6.45, 7) is 3.28. The van der Waals surface area contributed by atoms with Crippen LogP contribution in [0.4, 0.5) is 11.4 Å². The Morgan fingerprint density at radius 2 is 2.00 bits per heavy atom. The van der Waals surface area contributed by atoms with Crippen LogP contribution in [0, 0.1) is 0 Å². The minimum Gasteiger partial charge on any atom is -0.320 e. The van der Waals surface area contributed by atoms with Crippen LogP contribution in [0.1, 0.15) is 41.4 Å². The summed E-state index contributed by atoms with van der Waals surface area (Å²) in [7, 11) is 0. The molecule has 6 nitrogen and oxygen atoms in total. The summed E-state index contributed by atoms with van der Waals surface area (Å²) >= 11 is 6.32. The van der Waals surface area contributed by atoms with E-state index >= 15 is 0 Å². The Hall–Kier alpha value is -3.12. The van der Waals surface area contributed by atoms with Crippen molar-refractivity contribution < 1.29 is 9.59 Å². The highest BCUT2D eigenvalue weighted by atomic mass is 35.5. The van der Waals surface area contributed by atoms with E-state index in [1.807, 2.05) is 41.9 Å². The van der Waals surface area contributed by atoms with Crippen LogP contribution in [-0.2, 0) is 17.8 Å². The third-order valence-corrected chi connectivity index (χ3v) is 5.62. The van der Waals surface area contributed by atoms with Gasteiger partial charge in [-0.15, -0.1) is 0 Å². The van der Waals surface area contributed by atoms with Gasteiger partial charge in [0.1, 0.15) is 0 Å². The van der Waals surface area contributed by atoms with Gasteiger partial charge < -0.3 is 10.2 Å². The highest BCUT2D eigenvalue weighted by Crippen LogP contribution is 2.30. The molecule has 1 aliphatic heterocycles. The van der Waals surface area contributed by atoms with Crippen LogP contribution >= 0.6 is 11.6 Å². The predicted molar refractivity (Wildman–Crippen MR) is 118 cm³/mol. The average molecular weight is 423 g/mol. The molecule has 3 aromatic rings. The molecule has 30 heavy (non-hydrogen) atoms. The highest BCUT2D eigenvalue weighted by molar-refractivity contribution is 6.34. The lowest BCUT2D eigenvalue weighted by Crippen LogP contribution is -2.24. The Bertz CT molecular complexity index is 1080. The van der Waals surface area contributed by atoms with Gasteiger partial charge in [-0.3, -0.25) is 14.3 Å². The summed E-state index contributed by atoms with van der Waals surface area (Å²) < 4.78 is 1.85. The maximum absolute atomic E-state index is 13.0. The molecule has 2 heterocycles. The van der Waals surface area contributed by atoms with Gasteiger partial charge in [0.2, 0.25) is 5.91 Å². The Morgan fingerprint density at radius 1 is 1.20 bits per heavy atom. The normalized spacial score (nSPS) is 13.7. The van der Waals surface area contributed by atoms with Crippen LogP contribution in [0.5, 0.6) is 0 Å². The topological polar surface area (TPSA) is 67.2 Å². The number of rotatable bonds is 6. The molecule has 0 bridgehead atoms. The van der Waals surface area contributed by atoms with Crippen molar-refractivity contribution in [1.29, 1.82) is 0 Å². The number of amides is 2. The molecule has 0 spiro atoms. The number of hydrogen-bond donors (Lipinski definition) is 1. The molecule has 2 amide bonds. The highest BCUT2D eigenvalue weighted by Gasteiger charge is 2.23. The lowest BCUT2D eigenvalue weighted by molar-refractivity contribution is -0.117. The zero-order chi connectivity index (χ0) is 21.1. The molecule has 1 fully saturated rings. The number of anilines is 2. The van der Waals surface area contributed by atoms with Gasteiger partial charge in [0.05, 0.1) is 34.7 Å². The Labute approximate surface area is 180 Å². The van der Waals surface area contributed by atoms with E-state index in [9.17, 15) is 9.59 Å². The molecule has 7 heteroatoms. The maximum atomic E-state index is 13.0. The maximum Gasteiger partial charge on any atom is 0.259 e. The molecule has 1 aromatic heterocycles. The molecule has 0 atom stereocenters. The van der Waals surface area contributed by atoms with E-state index in [-0.39, 0.29) is 11.8 Å². The molecule has 2 aromatic carbocycles. The van der Waals surface area contributed by atoms with Crippen molar-refractivity contribution in [2.45, 2.75) is 32.7 Å². The van der Waals surface area contributed by atoms with Gasteiger partial charge >= 0.3 is 0 Å². The van der Waals surface area contributed by atoms with Crippen LogP contribution < -0.4 is 10.2 Å². The fraction of sp³-hybridized carbons (Fsp3) is 0.261. The van der Waals surface area contributed by atoms with Crippen LogP contribution in [0.2, 0.25) is 5.02 Å². The van der Waals surface area contributed by atoms with Gasteiger partial charge in [-0.2, -0.15) is 5.10 Å². The zero-order valence-corrected chi connectivity index (χ0v) is 17.5. The van der Waals surface area contributed by atoms with Gasteiger partial charge in [-0.1, -0.05) is 48.9 Å². The van der Waals surface area contributed by atoms with Gasteiger partial charge in [-0.25, -0.2) is 0 Å². The van der Waals surface area contributed by atoms with Gasteiger partial charge in [0.25, 0.3) is 5.91 Å². The quantitative estimate of drug-likeness (QED) is 0.634. The number of carbonyl (C=O) groups excluding carboxylic acids is 2. The van der Waals surface area contributed by atoms with Crippen molar-refractivity contribution in [3.8, 4) is 0 Å². The zero-order valence-electron chi connectivity index (χ0n) is 16.8. The second-order valence-electron chi connectivity index (χ2n) is 7.27. The van der Waals surface area contributed by atoms with Crippen molar-refractivity contribution in [2.75, 3.05) is 16.8 Å². The van der Waals surface area contributed by atoms with E-state index in [1.165, 1.54) is 0 Å². The molecule has 4 rings (SSSR count). The third kappa shape index (κ3) is 4.09. The summed E-state index contributed by atoms with van der Waals surface area (Å²) in [4.78, 5) is 26.8. The van der Waals surface area contributed by atoms with Crippen molar-refractivity contribution in [2.24, 2.45) is 0 Å². The van der Waals surface area contributed by atoms with Crippen molar-refractivity contribution in [1.82, 2.24) is 9.78 Å². The number of benzene rings is 2. The van der Waals surface area contributed by atoms with Crippen molar-refractivity contribution >= 4 is 34.8 Å². The number of nitrogens with zero attached hydrogens (tertiary/aromatic N) is 3. The lowest BCUT2D eigenvalue weighted by Gasteiger charge is -2.17. The van der Waals surface area contributed by atoms with Gasteiger partial charge in [0, 0.05) is 18.7 Å². The lowest BCUT2D eigenvalue weighted by atomic mass is 10.1. The summed E-state index contributed by atoms with van der Waals surface area (Å²) in [5.74, 6) is -0.178. The molecule has 0 unspecified atom stereocenters. The first-order valence-electron chi connectivity index (χ1n) is 10.1. The minimum absolute atomic E-state index is 0.0880. The molecule has 154 valence electrons. The van der Waals surface area contributed by atoms with Crippen LogP contribution in [-0.4, -0.2) is 28.1 Å². The molecular formula is C23H23ClN4O2. The molecule has 0 aliphatic carbocycles. The molecule has 1 saturated heterocycles. The van der Waals surface area contributed by atoms with Crippen molar-refractivity contribution in [3.05, 3.63) is 76.6 Å². The summed E-state index contributed by atoms with van der Waals surface area (Å²) in [6, 6.07) is 15.3. The Balaban J connectivity index is 1.56. The summed E-state index contributed by atoms with van der Waals surface area (Å²) in [5, 5.41) is 7.75. The molecule has 0 saturated carbocycles. The molecule has 0 radical (unpaired) electrons. The second kappa shape index (κ2) is 8.71. The summed E-state index contributed by atoms with van der Waals surface area (Å²) in [6.07, 6.45) is 3.65. The van der Waals surface area contributed by atoms with Gasteiger partial charge in [-0.05, 0) is 36.6 Å².